The van der Waals surface area contributed by atoms with Crippen molar-refractivity contribution in [2.75, 3.05) is 59.9 Å². The van der Waals surface area contributed by atoms with Crippen LogP contribution in [0, 0.1) is 23.7 Å². The summed E-state index contributed by atoms with van der Waals surface area (Å²) in [5.74, 6) is 0.251. The summed E-state index contributed by atoms with van der Waals surface area (Å²) in [7, 11) is 1.63. The molecule has 1 saturated heterocycles. The fourth-order valence-electron chi connectivity index (χ4n) is 4.02. The van der Waals surface area contributed by atoms with Gasteiger partial charge in [0.1, 0.15) is 0 Å². The number of carbonyl (C=O) groups excluding carboxylic acids is 2. The van der Waals surface area contributed by atoms with Gasteiger partial charge < -0.3 is 18.9 Å². The molecular formula is C18H27NO6. The predicted molar refractivity (Wildman–Crippen MR) is 88.8 cm³/mol. The Kier molecular flexibility index (Phi) is 6.58. The predicted octanol–water partition coefficient (Wildman–Crippen LogP) is 0.490. The number of rotatable bonds is 12. The highest BCUT2D eigenvalue weighted by Gasteiger charge is 2.58. The van der Waals surface area contributed by atoms with Crippen LogP contribution in [0.1, 0.15) is 6.42 Å². The molecule has 140 valence electrons. The minimum absolute atomic E-state index is 0.0140. The van der Waals surface area contributed by atoms with Gasteiger partial charge in [0.25, 0.3) is 0 Å². The van der Waals surface area contributed by atoms with Crippen molar-refractivity contribution in [3.8, 4) is 0 Å². The Bertz CT molecular complexity index is 478. The zero-order valence-corrected chi connectivity index (χ0v) is 14.7. The maximum Gasteiger partial charge on any atom is 0.233 e. The van der Waals surface area contributed by atoms with Gasteiger partial charge in [-0.3, -0.25) is 14.5 Å². The molecule has 0 aromatic heterocycles. The third-order valence-corrected chi connectivity index (χ3v) is 5.20. The molecule has 1 aliphatic heterocycles. The van der Waals surface area contributed by atoms with Crippen molar-refractivity contribution in [3.63, 3.8) is 0 Å². The Morgan fingerprint density at radius 2 is 1.32 bits per heavy atom. The first-order chi connectivity index (χ1) is 12.2. The number of nitrogens with zero attached hydrogens (tertiary/aromatic N) is 1. The molecule has 1 saturated carbocycles. The number of methoxy groups -OCH3 is 1. The molecule has 4 unspecified atom stereocenters. The second-order valence-corrected chi connectivity index (χ2v) is 6.66. The number of carbonyl (C=O) groups is 2. The highest BCUT2D eigenvalue weighted by atomic mass is 16.6. The lowest BCUT2D eigenvalue weighted by molar-refractivity contribution is -0.141. The van der Waals surface area contributed by atoms with Crippen LogP contribution in [-0.2, 0) is 28.5 Å². The van der Waals surface area contributed by atoms with E-state index in [1.165, 1.54) is 4.90 Å². The van der Waals surface area contributed by atoms with Gasteiger partial charge in [-0.15, -0.1) is 0 Å². The number of hydrogen-bond donors (Lipinski definition) is 0. The Morgan fingerprint density at radius 1 is 0.840 bits per heavy atom. The van der Waals surface area contributed by atoms with Crippen molar-refractivity contribution in [2.45, 2.75) is 6.42 Å². The van der Waals surface area contributed by atoms with Crippen LogP contribution in [0.3, 0.4) is 0 Å². The Morgan fingerprint density at radius 3 is 1.84 bits per heavy atom. The number of amides is 2. The van der Waals surface area contributed by atoms with E-state index in [1.807, 2.05) is 0 Å². The van der Waals surface area contributed by atoms with E-state index in [0.717, 1.165) is 6.42 Å². The fourth-order valence-corrected chi connectivity index (χ4v) is 4.02. The summed E-state index contributed by atoms with van der Waals surface area (Å²) >= 11 is 0. The third kappa shape index (κ3) is 4.11. The molecule has 0 aromatic rings. The molecule has 2 bridgehead atoms. The molecule has 0 aromatic carbocycles. The van der Waals surface area contributed by atoms with Gasteiger partial charge in [0, 0.05) is 7.11 Å². The van der Waals surface area contributed by atoms with Crippen LogP contribution in [-0.4, -0.2) is 76.6 Å². The van der Waals surface area contributed by atoms with Crippen molar-refractivity contribution >= 4 is 11.8 Å². The summed E-state index contributed by atoms with van der Waals surface area (Å²) in [6, 6.07) is 0. The average Bonchev–Trinajstić information content (AvgIpc) is 3.28. The van der Waals surface area contributed by atoms with Crippen LogP contribution in [0.15, 0.2) is 12.2 Å². The average molecular weight is 353 g/mol. The summed E-state index contributed by atoms with van der Waals surface area (Å²) in [5.41, 5.74) is 0. The van der Waals surface area contributed by atoms with Crippen molar-refractivity contribution < 1.29 is 28.5 Å². The molecule has 0 spiro atoms. The zero-order valence-electron chi connectivity index (χ0n) is 14.7. The van der Waals surface area contributed by atoms with Gasteiger partial charge in [-0.2, -0.15) is 0 Å². The summed E-state index contributed by atoms with van der Waals surface area (Å²) in [5, 5.41) is 0. The van der Waals surface area contributed by atoms with E-state index in [-0.39, 0.29) is 35.5 Å². The van der Waals surface area contributed by atoms with Gasteiger partial charge in [-0.1, -0.05) is 12.2 Å². The molecular weight excluding hydrogens is 326 g/mol. The van der Waals surface area contributed by atoms with Gasteiger partial charge in [0.2, 0.25) is 11.8 Å². The summed E-state index contributed by atoms with van der Waals surface area (Å²) in [6.07, 6.45) is 5.17. The first kappa shape index (κ1) is 18.5. The number of ether oxygens (including phenoxy) is 4. The maximum atomic E-state index is 12.5. The van der Waals surface area contributed by atoms with Gasteiger partial charge in [-0.25, -0.2) is 0 Å². The molecule has 0 N–H and O–H groups in total. The monoisotopic (exact) mass is 353 g/mol. The van der Waals surface area contributed by atoms with Crippen LogP contribution in [0.25, 0.3) is 0 Å². The van der Waals surface area contributed by atoms with Gasteiger partial charge in [-0.05, 0) is 18.3 Å². The highest BCUT2D eigenvalue weighted by molar-refractivity contribution is 6.06. The van der Waals surface area contributed by atoms with E-state index in [2.05, 4.69) is 12.2 Å². The summed E-state index contributed by atoms with van der Waals surface area (Å²) in [6.45, 7) is 3.78. The number of fused-ring (bicyclic) bond motifs is 5. The van der Waals surface area contributed by atoms with Crippen molar-refractivity contribution in [2.24, 2.45) is 23.7 Å². The lowest BCUT2D eigenvalue weighted by Gasteiger charge is -2.17. The van der Waals surface area contributed by atoms with Gasteiger partial charge in [0.05, 0.1) is 64.6 Å². The Balaban J connectivity index is 1.24. The SMILES string of the molecule is COCCOCCOCCOCCN1C(=O)C2C3C=CC(C3)C2C1=O. The molecule has 3 aliphatic rings. The molecule has 2 amide bonds. The first-order valence-electron chi connectivity index (χ1n) is 8.99. The minimum atomic E-state index is -0.121. The van der Waals surface area contributed by atoms with E-state index in [1.54, 1.807) is 7.11 Å². The molecule has 4 atom stereocenters. The molecule has 2 fully saturated rings. The van der Waals surface area contributed by atoms with Crippen molar-refractivity contribution in [1.29, 1.82) is 0 Å². The lowest BCUT2D eigenvalue weighted by atomic mass is 9.85. The molecule has 7 nitrogen and oxygen atoms in total. The quantitative estimate of drug-likeness (QED) is 0.289. The van der Waals surface area contributed by atoms with Gasteiger partial charge >= 0.3 is 0 Å². The largest absolute Gasteiger partial charge is 0.382 e. The third-order valence-electron chi connectivity index (χ3n) is 5.20. The number of imide groups is 1. The van der Waals surface area contributed by atoms with E-state index in [0.29, 0.717) is 52.8 Å². The minimum Gasteiger partial charge on any atom is -0.382 e. The maximum absolute atomic E-state index is 12.5. The van der Waals surface area contributed by atoms with E-state index in [4.69, 9.17) is 18.9 Å². The van der Waals surface area contributed by atoms with E-state index in [9.17, 15) is 9.59 Å². The standard InChI is InChI=1S/C18H27NO6/c1-22-6-7-24-10-11-25-9-8-23-5-4-19-17(20)15-13-2-3-14(12-13)16(15)18(19)21/h2-3,13-16H,4-12H2,1H3. The Hall–Kier alpha value is -1.28. The Labute approximate surface area is 148 Å². The molecule has 3 rings (SSSR count). The fraction of sp³-hybridized carbons (Fsp3) is 0.778. The molecule has 1 heterocycles. The summed E-state index contributed by atoms with van der Waals surface area (Å²) in [4.78, 5) is 26.3. The van der Waals surface area contributed by atoms with Gasteiger partial charge in [0.15, 0.2) is 0 Å². The second kappa shape index (κ2) is 8.89. The van der Waals surface area contributed by atoms with Crippen LogP contribution >= 0.6 is 0 Å². The van der Waals surface area contributed by atoms with Crippen LogP contribution < -0.4 is 0 Å². The first-order valence-corrected chi connectivity index (χ1v) is 8.99. The van der Waals surface area contributed by atoms with Crippen LogP contribution in [0.5, 0.6) is 0 Å². The topological polar surface area (TPSA) is 74.3 Å². The zero-order chi connectivity index (χ0) is 17.6. The molecule has 0 radical (unpaired) electrons. The molecule has 2 aliphatic carbocycles. The van der Waals surface area contributed by atoms with Crippen molar-refractivity contribution in [1.82, 2.24) is 4.90 Å². The van der Waals surface area contributed by atoms with E-state index < -0.39 is 0 Å². The number of hydrogen-bond acceptors (Lipinski definition) is 6. The van der Waals surface area contributed by atoms with Crippen molar-refractivity contribution in [3.05, 3.63) is 12.2 Å². The molecule has 25 heavy (non-hydrogen) atoms. The van der Waals surface area contributed by atoms with Crippen LogP contribution in [0.2, 0.25) is 0 Å². The smallest absolute Gasteiger partial charge is 0.233 e. The second-order valence-electron chi connectivity index (χ2n) is 6.66. The van der Waals surface area contributed by atoms with E-state index >= 15 is 0 Å². The normalized spacial score (nSPS) is 29.9. The number of allylic oxidation sites excluding steroid dienone is 2. The van der Waals surface area contributed by atoms with Crippen LogP contribution in [0.4, 0.5) is 0 Å². The molecule has 7 heteroatoms. The highest BCUT2D eigenvalue weighted by Crippen LogP contribution is 2.52. The summed E-state index contributed by atoms with van der Waals surface area (Å²) < 4.78 is 21.0. The number of likely N-dealkylation sites (tertiary alicyclic amines) is 1. The lowest BCUT2D eigenvalue weighted by Crippen LogP contribution is -2.35.